The smallest absolute Gasteiger partial charge is 0.211 e. The van der Waals surface area contributed by atoms with Crippen molar-refractivity contribution in [2.45, 2.75) is 0 Å². The van der Waals surface area contributed by atoms with Crippen molar-refractivity contribution < 1.29 is 9.47 Å². The SMILES string of the molecule is COCCOC1=CC(Cl)=NN(Cl)N1. The van der Waals surface area contributed by atoms with E-state index in [0.717, 1.165) is 4.64 Å². The lowest BCUT2D eigenvalue weighted by Crippen LogP contribution is -2.30. The normalized spacial score (nSPS) is 16.1. The van der Waals surface area contributed by atoms with Crippen LogP contribution >= 0.6 is 23.4 Å². The Balaban J connectivity index is 2.37. The first-order valence-electron chi connectivity index (χ1n) is 3.52. The number of hydrogen-bond donors (Lipinski definition) is 1. The van der Waals surface area contributed by atoms with E-state index in [1.165, 1.54) is 6.08 Å². The monoisotopic (exact) mass is 225 g/mol. The van der Waals surface area contributed by atoms with Crippen LogP contribution in [0.1, 0.15) is 0 Å². The average molecular weight is 226 g/mol. The highest BCUT2D eigenvalue weighted by Crippen LogP contribution is 2.07. The average Bonchev–Trinajstić information content (AvgIpc) is 2.03. The van der Waals surface area contributed by atoms with E-state index in [2.05, 4.69) is 10.5 Å². The first kappa shape index (κ1) is 10.4. The van der Waals surface area contributed by atoms with Crippen LogP contribution in [0.4, 0.5) is 0 Å². The number of nitrogens with zero attached hydrogens (tertiary/aromatic N) is 2. The molecule has 7 heteroatoms. The number of rotatable bonds is 4. The first-order valence-corrected chi connectivity index (χ1v) is 4.24. The molecule has 1 N–H and O–H groups in total. The number of nitrogens with one attached hydrogen (secondary N) is 1. The van der Waals surface area contributed by atoms with E-state index in [0.29, 0.717) is 19.1 Å². The van der Waals surface area contributed by atoms with Crippen LogP contribution in [0.5, 0.6) is 0 Å². The molecular weight excluding hydrogens is 217 g/mol. The zero-order chi connectivity index (χ0) is 9.68. The molecule has 1 heterocycles. The van der Waals surface area contributed by atoms with Crippen LogP contribution < -0.4 is 5.43 Å². The third-order valence-corrected chi connectivity index (χ3v) is 1.53. The fourth-order valence-electron chi connectivity index (χ4n) is 0.678. The zero-order valence-electron chi connectivity index (χ0n) is 6.96. The lowest BCUT2D eigenvalue weighted by molar-refractivity contribution is 0.0889. The molecule has 0 radical (unpaired) electrons. The fraction of sp³-hybridized carbons (Fsp3) is 0.500. The van der Waals surface area contributed by atoms with Gasteiger partial charge in [0.1, 0.15) is 6.61 Å². The van der Waals surface area contributed by atoms with Crippen LogP contribution in [0, 0.1) is 0 Å². The highest BCUT2D eigenvalue weighted by molar-refractivity contribution is 6.68. The molecule has 0 amide bonds. The van der Waals surface area contributed by atoms with Crippen molar-refractivity contribution in [2.75, 3.05) is 20.3 Å². The number of methoxy groups -OCH3 is 1. The third kappa shape index (κ3) is 3.71. The van der Waals surface area contributed by atoms with Crippen LogP contribution in [0.3, 0.4) is 0 Å². The summed E-state index contributed by atoms with van der Waals surface area (Å²) in [7, 11) is 1.59. The van der Waals surface area contributed by atoms with Crippen molar-refractivity contribution >= 4 is 28.5 Å². The summed E-state index contributed by atoms with van der Waals surface area (Å²) >= 11 is 11.1. The number of ether oxygens (including phenoxy) is 2. The molecule has 5 nitrogen and oxygen atoms in total. The van der Waals surface area contributed by atoms with Crippen LogP contribution in [-0.4, -0.2) is 30.1 Å². The number of hydrogen-bond acceptors (Lipinski definition) is 5. The van der Waals surface area contributed by atoms with E-state index in [4.69, 9.17) is 32.9 Å². The number of allylic oxidation sites excluding steroid dienone is 1. The summed E-state index contributed by atoms with van der Waals surface area (Å²) in [4.78, 5) is 0. The third-order valence-electron chi connectivity index (χ3n) is 1.18. The number of hydrazone groups is 1. The van der Waals surface area contributed by atoms with Gasteiger partial charge in [-0.1, -0.05) is 11.6 Å². The molecule has 1 aliphatic rings. The molecule has 0 aromatic rings. The van der Waals surface area contributed by atoms with Gasteiger partial charge in [0.2, 0.25) is 5.88 Å². The van der Waals surface area contributed by atoms with Crippen molar-refractivity contribution in [3.63, 3.8) is 0 Å². The maximum Gasteiger partial charge on any atom is 0.211 e. The predicted molar refractivity (Wildman–Crippen MR) is 50.0 cm³/mol. The molecular formula is C6H9Cl2N3O2. The molecule has 0 unspecified atom stereocenters. The van der Waals surface area contributed by atoms with Gasteiger partial charge in [-0.05, 0) is 0 Å². The fourth-order valence-corrected chi connectivity index (χ4v) is 1.06. The minimum atomic E-state index is 0.251. The molecule has 0 atom stereocenters. The molecule has 0 saturated carbocycles. The van der Waals surface area contributed by atoms with Gasteiger partial charge in [0.25, 0.3) is 0 Å². The summed E-state index contributed by atoms with van der Waals surface area (Å²) in [5.74, 6) is 0.437. The molecule has 0 spiro atoms. The lowest BCUT2D eigenvalue weighted by atomic mass is 10.6. The Morgan fingerprint density at radius 1 is 1.62 bits per heavy atom. The molecule has 0 aromatic heterocycles. The van der Waals surface area contributed by atoms with Crippen LogP contribution in [-0.2, 0) is 9.47 Å². The van der Waals surface area contributed by atoms with Gasteiger partial charge < -0.3 is 9.47 Å². The lowest BCUT2D eigenvalue weighted by Gasteiger charge is -2.19. The summed E-state index contributed by atoms with van der Waals surface area (Å²) in [6.45, 7) is 0.917. The summed E-state index contributed by atoms with van der Waals surface area (Å²) < 4.78 is 10.9. The minimum absolute atomic E-state index is 0.251. The topological polar surface area (TPSA) is 46.1 Å². The molecule has 13 heavy (non-hydrogen) atoms. The van der Waals surface area contributed by atoms with Crippen LogP contribution in [0.25, 0.3) is 0 Å². The van der Waals surface area contributed by atoms with Crippen molar-refractivity contribution in [2.24, 2.45) is 5.10 Å². The Morgan fingerprint density at radius 2 is 2.38 bits per heavy atom. The molecule has 0 fully saturated rings. The summed E-state index contributed by atoms with van der Waals surface area (Å²) in [5, 5.41) is 3.89. The second-order valence-corrected chi connectivity index (χ2v) is 2.85. The van der Waals surface area contributed by atoms with Gasteiger partial charge in [0.15, 0.2) is 5.17 Å². The summed E-state index contributed by atoms with van der Waals surface area (Å²) in [6, 6.07) is 0. The van der Waals surface area contributed by atoms with E-state index in [9.17, 15) is 0 Å². The molecule has 1 aliphatic heterocycles. The first-order chi connectivity index (χ1) is 6.22. The Hall–Kier alpha value is -0.650. The Morgan fingerprint density at radius 3 is 3.00 bits per heavy atom. The Labute approximate surface area is 86.0 Å². The van der Waals surface area contributed by atoms with E-state index < -0.39 is 0 Å². The standard InChI is InChI=1S/C6H9Cl2N3O2/c1-12-2-3-13-6-4-5(7)9-11(8)10-6/h4,10H,2-3H2,1H3. The quantitative estimate of drug-likeness (QED) is 0.574. The van der Waals surface area contributed by atoms with E-state index in [1.54, 1.807) is 7.11 Å². The van der Waals surface area contributed by atoms with Crippen LogP contribution in [0.2, 0.25) is 0 Å². The van der Waals surface area contributed by atoms with Gasteiger partial charge in [-0.3, -0.25) is 0 Å². The van der Waals surface area contributed by atoms with Gasteiger partial charge >= 0.3 is 0 Å². The maximum absolute atomic E-state index is 5.62. The minimum Gasteiger partial charge on any atom is -0.475 e. The molecule has 0 saturated heterocycles. The molecule has 1 rings (SSSR count). The van der Waals surface area contributed by atoms with E-state index in [1.807, 2.05) is 0 Å². The molecule has 0 bridgehead atoms. The van der Waals surface area contributed by atoms with Gasteiger partial charge in [-0.2, -0.15) is 0 Å². The Kier molecular flexibility index (Phi) is 4.14. The summed E-state index contributed by atoms with van der Waals surface area (Å²) in [5.41, 5.74) is 2.62. The van der Waals surface area contributed by atoms with Gasteiger partial charge in [-0.15, -0.1) is 9.74 Å². The van der Waals surface area contributed by atoms with Gasteiger partial charge in [0.05, 0.1) is 18.4 Å². The highest BCUT2D eigenvalue weighted by Gasteiger charge is 2.09. The van der Waals surface area contributed by atoms with E-state index >= 15 is 0 Å². The largest absolute Gasteiger partial charge is 0.475 e. The second-order valence-electron chi connectivity index (χ2n) is 2.14. The predicted octanol–water partition coefficient (Wildman–Crippen LogP) is 1.02. The van der Waals surface area contributed by atoms with E-state index in [-0.39, 0.29) is 5.17 Å². The second kappa shape index (κ2) is 5.16. The number of halogens is 2. The molecule has 0 aliphatic carbocycles. The maximum atomic E-state index is 5.62. The molecule has 74 valence electrons. The van der Waals surface area contributed by atoms with Gasteiger partial charge in [0, 0.05) is 13.2 Å². The Bertz CT molecular complexity index is 232. The molecule has 0 aromatic carbocycles. The van der Waals surface area contributed by atoms with Gasteiger partial charge in [-0.25, -0.2) is 5.43 Å². The summed E-state index contributed by atoms with van der Waals surface area (Å²) in [6.07, 6.45) is 1.52. The van der Waals surface area contributed by atoms with Crippen molar-refractivity contribution in [3.05, 3.63) is 12.0 Å². The number of hydrazine groups is 1. The zero-order valence-corrected chi connectivity index (χ0v) is 8.47. The van der Waals surface area contributed by atoms with Crippen molar-refractivity contribution in [3.8, 4) is 0 Å². The van der Waals surface area contributed by atoms with Crippen molar-refractivity contribution in [1.82, 2.24) is 10.1 Å². The van der Waals surface area contributed by atoms with Crippen LogP contribution in [0.15, 0.2) is 17.1 Å². The highest BCUT2D eigenvalue weighted by atomic mass is 35.5. The van der Waals surface area contributed by atoms with Crippen molar-refractivity contribution in [1.29, 1.82) is 0 Å².